The van der Waals surface area contributed by atoms with Gasteiger partial charge >= 0.3 is 0 Å². The van der Waals surface area contributed by atoms with Crippen LogP contribution in [0.3, 0.4) is 0 Å². The maximum Gasteiger partial charge on any atom is 0.255 e. The highest BCUT2D eigenvalue weighted by atomic mass is 16.2. The van der Waals surface area contributed by atoms with Gasteiger partial charge in [-0.25, -0.2) is 0 Å². The van der Waals surface area contributed by atoms with Gasteiger partial charge in [-0.3, -0.25) is 9.59 Å². The van der Waals surface area contributed by atoms with E-state index in [1.807, 2.05) is 18.2 Å². The highest BCUT2D eigenvalue weighted by Crippen LogP contribution is 2.19. The Hall–Kier alpha value is -2.61. The average molecular weight is 255 g/mol. The fourth-order valence-corrected chi connectivity index (χ4v) is 1.68. The molecule has 2 amide bonds. The molecule has 0 spiro atoms. The van der Waals surface area contributed by atoms with Crippen molar-refractivity contribution in [1.82, 2.24) is 5.32 Å². The van der Waals surface area contributed by atoms with Crippen LogP contribution in [0.5, 0.6) is 0 Å². The van der Waals surface area contributed by atoms with Crippen LogP contribution >= 0.6 is 0 Å². The molecule has 0 saturated carbocycles. The lowest BCUT2D eigenvalue weighted by Crippen LogP contribution is -2.29. The molecular weight excluding hydrogens is 242 g/mol. The molecule has 19 heavy (non-hydrogen) atoms. The van der Waals surface area contributed by atoms with Crippen molar-refractivity contribution in [3.05, 3.63) is 30.3 Å². The largest absolute Gasteiger partial charge is 0.312 e. The minimum Gasteiger partial charge on any atom is -0.312 e. The molecule has 1 aliphatic heterocycles. The summed E-state index contributed by atoms with van der Waals surface area (Å²) in [5, 5.41) is 7.99. The van der Waals surface area contributed by atoms with Crippen LogP contribution < -0.4 is 10.3 Å². The average Bonchev–Trinajstić information content (AvgIpc) is 2.78. The Morgan fingerprint density at radius 3 is 2.84 bits per heavy atom. The zero-order valence-electron chi connectivity index (χ0n) is 10.3. The summed E-state index contributed by atoms with van der Waals surface area (Å²) in [5.41, 5.74) is 0.681. The molecule has 96 valence electrons. The van der Waals surface area contributed by atoms with Crippen LogP contribution in [0.15, 0.2) is 35.4 Å². The smallest absolute Gasteiger partial charge is 0.255 e. The lowest BCUT2D eigenvalue weighted by molar-refractivity contribution is -0.119. The van der Waals surface area contributed by atoms with E-state index in [2.05, 4.69) is 16.3 Å². The van der Waals surface area contributed by atoms with Crippen LogP contribution in [-0.2, 0) is 9.59 Å². The lowest BCUT2D eigenvalue weighted by Gasteiger charge is -2.10. The number of anilines is 1. The van der Waals surface area contributed by atoms with Gasteiger partial charge in [-0.2, -0.15) is 10.1 Å². The van der Waals surface area contributed by atoms with Gasteiger partial charge < -0.3 is 5.32 Å². The van der Waals surface area contributed by atoms with E-state index >= 15 is 0 Å². The third-order valence-corrected chi connectivity index (χ3v) is 2.56. The van der Waals surface area contributed by atoms with Crippen LogP contribution in [0.2, 0.25) is 0 Å². The topological polar surface area (TPSA) is 61.8 Å². The fourth-order valence-electron chi connectivity index (χ4n) is 1.68. The second-order valence-electron chi connectivity index (χ2n) is 4.02. The summed E-state index contributed by atoms with van der Waals surface area (Å²) in [5.74, 6) is 2.36. The van der Waals surface area contributed by atoms with Gasteiger partial charge in [-0.1, -0.05) is 18.2 Å². The highest BCUT2D eigenvalue weighted by molar-refractivity contribution is 6.15. The molecule has 1 aromatic carbocycles. The minimum absolute atomic E-state index is 0.0939. The van der Waals surface area contributed by atoms with Gasteiger partial charge in [0.1, 0.15) is 5.84 Å². The number of nitrogens with zero attached hydrogens (tertiary/aromatic N) is 2. The van der Waals surface area contributed by atoms with E-state index in [4.69, 9.17) is 6.42 Å². The molecule has 5 nitrogen and oxygen atoms in total. The molecule has 1 aromatic rings. The number of terminal acetylenes is 1. The molecule has 2 rings (SSSR count). The lowest BCUT2D eigenvalue weighted by atomic mass is 10.3. The number of para-hydroxylation sites is 1. The van der Waals surface area contributed by atoms with Gasteiger partial charge in [0.2, 0.25) is 5.91 Å². The Bertz CT molecular complexity index is 558. The molecule has 1 aliphatic rings. The van der Waals surface area contributed by atoms with E-state index in [9.17, 15) is 9.59 Å². The molecule has 0 aliphatic carbocycles. The normalized spacial score (nSPS) is 13.9. The Balaban J connectivity index is 2.03. The van der Waals surface area contributed by atoms with E-state index in [1.165, 1.54) is 5.01 Å². The number of hydrazone groups is 1. The van der Waals surface area contributed by atoms with Crippen molar-refractivity contribution in [1.29, 1.82) is 0 Å². The van der Waals surface area contributed by atoms with Crippen molar-refractivity contribution in [2.24, 2.45) is 5.10 Å². The van der Waals surface area contributed by atoms with Gasteiger partial charge in [0, 0.05) is 12.8 Å². The monoisotopic (exact) mass is 255 g/mol. The number of amides is 2. The van der Waals surface area contributed by atoms with Crippen molar-refractivity contribution in [2.45, 2.75) is 19.3 Å². The van der Waals surface area contributed by atoms with Gasteiger partial charge in [0.25, 0.3) is 5.91 Å². The number of carbonyl (C=O) groups is 2. The summed E-state index contributed by atoms with van der Waals surface area (Å²) in [6.45, 7) is 0. The molecule has 0 saturated heterocycles. The van der Waals surface area contributed by atoms with Gasteiger partial charge in [0.05, 0.1) is 12.1 Å². The third-order valence-electron chi connectivity index (χ3n) is 2.56. The molecule has 0 radical (unpaired) electrons. The molecule has 0 unspecified atom stereocenters. The third kappa shape index (κ3) is 3.19. The number of rotatable bonds is 3. The van der Waals surface area contributed by atoms with Crippen LogP contribution in [0.4, 0.5) is 5.69 Å². The molecular formula is C14H13N3O2. The van der Waals surface area contributed by atoms with Crippen LogP contribution in [-0.4, -0.2) is 17.6 Å². The molecule has 0 atom stereocenters. The van der Waals surface area contributed by atoms with Crippen molar-refractivity contribution < 1.29 is 9.59 Å². The fraction of sp³-hybridized carbons (Fsp3) is 0.214. The quantitative estimate of drug-likeness (QED) is 0.827. The second-order valence-corrected chi connectivity index (χ2v) is 4.02. The van der Waals surface area contributed by atoms with Gasteiger partial charge in [-0.15, -0.1) is 12.3 Å². The zero-order chi connectivity index (χ0) is 13.7. The van der Waals surface area contributed by atoms with E-state index in [1.54, 1.807) is 12.1 Å². The predicted octanol–water partition coefficient (Wildman–Crippen LogP) is 1.27. The SMILES string of the molecule is C#CCCC(=O)NC1=NN(c2ccccc2)C(=O)C1. The molecule has 0 fully saturated rings. The maximum atomic E-state index is 11.8. The summed E-state index contributed by atoms with van der Waals surface area (Å²) >= 11 is 0. The van der Waals surface area contributed by atoms with E-state index in [0.29, 0.717) is 17.9 Å². The molecule has 5 heteroatoms. The molecule has 1 N–H and O–H groups in total. The zero-order valence-corrected chi connectivity index (χ0v) is 10.3. The summed E-state index contributed by atoms with van der Waals surface area (Å²) < 4.78 is 0. The molecule has 1 heterocycles. The van der Waals surface area contributed by atoms with Crippen LogP contribution in [0.1, 0.15) is 19.3 Å². The second kappa shape index (κ2) is 5.83. The number of hydrogen-bond donors (Lipinski definition) is 1. The minimum atomic E-state index is -0.223. The first kappa shape index (κ1) is 12.8. The summed E-state index contributed by atoms with van der Waals surface area (Å²) in [4.78, 5) is 23.3. The Morgan fingerprint density at radius 2 is 2.16 bits per heavy atom. The first-order valence-electron chi connectivity index (χ1n) is 5.89. The first-order valence-corrected chi connectivity index (χ1v) is 5.89. The number of benzene rings is 1. The molecule has 0 bridgehead atoms. The number of amidine groups is 1. The Kier molecular flexibility index (Phi) is 3.94. The van der Waals surface area contributed by atoms with Crippen LogP contribution in [0.25, 0.3) is 0 Å². The van der Waals surface area contributed by atoms with E-state index < -0.39 is 0 Å². The Morgan fingerprint density at radius 1 is 1.42 bits per heavy atom. The molecule has 0 aromatic heterocycles. The number of hydrogen-bond acceptors (Lipinski definition) is 3. The van der Waals surface area contributed by atoms with Crippen molar-refractivity contribution in [3.63, 3.8) is 0 Å². The van der Waals surface area contributed by atoms with Gasteiger partial charge in [-0.05, 0) is 12.1 Å². The highest BCUT2D eigenvalue weighted by Gasteiger charge is 2.25. The first-order chi connectivity index (χ1) is 9.20. The van der Waals surface area contributed by atoms with E-state index in [0.717, 1.165) is 0 Å². The standard InChI is InChI=1S/C14H13N3O2/c1-2-3-9-13(18)15-12-10-14(19)17(16-12)11-7-5-4-6-8-11/h1,4-8H,3,9-10H2,(H,15,16,18). The Labute approximate surface area is 111 Å². The van der Waals surface area contributed by atoms with Crippen molar-refractivity contribution in [3.8, 4) is 12.3 Å². The number of carbonyl (C=O) groups excluding carboxylic acids is 2. The van der Waals surface area contributed by atoms with Crippen molar-refractivity contribution in [2.75, 3.05) is 5.01 Å². The maximum absolute atomic E-state index is 11.8. The van der Waals surface area contributed by atoms with Crippen LogP contribution in [0, 0.1) is 12.3 Å². The van der Waals surface area contributed by atoms with Gasteiger partial charge in [0.15, 0.2) is 0 Å². The predicted molar refractivity (Wildman–Crippen MR) is 72.2 cm³/mol. The van der Waals surface area contributed by atoms with E-state index in [-0.39, 0.29) is 24.7 Å². The summed E-state index contributed by atoms with van der Waals surface area (Å²) in [6.07, 6.45) is 5.78. The summed E-state index contributed by atoms with van der Waals surface area (Å²) in [7, 11) is 0. The number of nitrogens with one attached hydrogen (secondary N) is 1. The van der Waals surface area contributed by atoms with Crippen molar-refractivity contribution >= 4 is 23.3 Å². The summed E-state index contributed by atoms with van der Waals surface area (Å²) in [6, 6.07) is 9.06.